The van der Waals surface area contributed by atoms with Crippen molar-refractivity contribution in [2.24, 2.45) is 0 Å². The van der Waals surface area contributed by atoms with Crippen molar-refractivity contribution in [3.8, 4) is 5.75 Å². The highest BCUT2D eigenvalue weighted by molar-refractivity contribution is 6.01. The van der Waals surface area contributed by atoms with Crippen molar-refractivity contribution >= 4 is 11.6 Å². The van der Waals surface area contributed by atoms with Crippen LogP contribution in [0, 0.1) is 0 Å². The van der Waals surface area contributed by atoms with Crippen LogP contribution in [0.3, 0.4) is 0 Å². The van der Waals surface area contributed by atoms with E-state index < -0.39 is 23.6 Å². The van der Waals surface area contributed by atoms with E-state index in [1.54, 1.807) is 24.1 Å². The van der Waals surface area contributed by atoms with E-state index in [4.69, 9.17) is 5.73 Å². The molecule has 0 spiro atoms. The van der Waals surface area contributed by atoms with E-state index in [1.165, 1.54) is 12.1 Å². The number of benzene rings is 1. The number of nitrogen functional groups attached to an aromatic ring is 1. The lowest BCUT2D eigenvalue weighted by molar-refractivity contribution is -0.0498. The number of alkyl halides is 2. The first-order valence-corrected chi connectivity index (χ1v) is 8.61. The third kappa shape index (κ3) is 5.26. The van der Waals surface area contributed by atoms with Crippen LogP contribution >= 0.6 is 0 Å². The fourth-order valence-corrected chi connectivity index (χ4v) is 2.77. The van der Waals surface area contributed by atoms with Gasteiger partial charge in [0.1, 0.15) is 17.1 Å². The third-order valence-corrected chi connectivity index (χ3v) is 3.98. The summed E-state index contributed by atoms with van der Waals surface area (Å²) in [6, 6.07) is 6.00. The molecule has 152 valence electrons. The zero-order valence-corrected chi connectivity index (χ0v) is 15.6. The number of carbonyl (C=O) groups is 1. The fourth-order valence-electron chi connectivity index (χ4n) is 2.77. The molecule has 1 heterocycles. The number of hydrogen-bond acceptors (Lipinski definition) is 6. The average Bonchev–Trinajstić information content (AvgIpc) is 2.59. The first-order chi connectivity index (χ1) is 13.2. The largest absolute Gasteiger partial charge is 0.435 e. The molecule has 0 aliphatic carbocycles. The number of likely N-dealkylation sites (N-methyl/N-ethyl adjacent to an activating group) is 1. The van der Waals surface area contributed by atoms with Gasteiger partial charge in [-0.3, -0.25) is 24.0 Å². The van der Waals surface area contributed by atoms with E-state index in [1.807, 2.05) is 6.92 Å². The number of nitrogens with one attached hydrogen (secondary N) is 1. The van der Waals surface area contributed by atoms with E-state index in [-0.39, 0.29) is 30.2 Å². The minimum atomic E-state index is -2.90. The molecule has 0 amide bonds. The van der Waals surface area contributed by atoms with E-state index in [0.717, 1.165) is 10.1 Å². The molecule has 3 N–H and O–H groups in total. The number of ketones is 1. The summed E-state index contributed by atoms with van der Waals surface area (Å²) in [5.41, 5.74) is 4.92. The van der Waals surface area contributed by atoms with Crippen LogP contribution in [0.5, 0.6) is 5.75 Å². The molecule has 2 rings (SSSR count). The highest BCUT2D eigenvalue weighted by atomic mass is 19.3. The summed E-state index contributed by atoms with van der Waals surface area (Å²) in [5, 5.41) is 0. The van der Waals surface area contributed by atoms with Crippen molar-refractivity contribution in [3.05, 3.63) is 56.2 Å². The molecular formula is C18H22F2N4O4. The Bertz CT molecular complexity index is 938. The Morgan fingerprint density at radius 2 is 1.93 bits per heavy atom. The van der Waals surface area contributed by atoms with E-state index in [0.29, 0.717) is 13.0 Å². The molecule has 0 aliphatic rings. The summed E-state index contributed by atoms with van der Waals surface area (Å²) >= 11 is 0. The zero-order valence-electron chi connectivity index (χ0n) is 15.6. The molecule has 2 aromatic rings. The molecular weight excluding hydrogens is 374 g/mol. The number of H-pyrrole nitrogens is 1. The van der Waals surface area contributed by atoms with E-state index >= 15 is 0 Å². The summed E-state index contributed by atoms with van der Waals surface area (Å²) in [7, 11) is 1.66. The van der Waals surface area contributed by atoms with Crippen LogP contribution in [0.15, 0.2) is 33.9 Å². The maximum atomic E-state index is 12.6. The number of nitrogens with zero attached hydrogens (tertiary/aromatic N) is 2. The Kier molecular flexibility index (Phi) is 7.05. The van der Waals surface area contributed by atoms with Crippen LogP contribution in [-0.4, -0.2) is 40.4 Å². The lowest BCUT2D eigenvalue weighted by atomic mass is 10.1. The minimum absolute atomic E-state index is 0.0370. The maximum Gasteiger partial charge on any atom is 0.387 e. The highest BCUT2D eigenvalue weighted by Crippen LogP contribution is 2.16. The van der Waals surface area contributed by atoms with Crippen LogP contribution < -0.4 is 21.7 Å². The number of halogens is 2. The van der Waals surface area contributed by atoms with Crippen molar-refractivity contribution in [2.45, 2.75) is 33.0 Å². The second-order valence-electron chi connectivity index (χ2n) is 6.29. The summed E-state index contributed by atoms with van der Waals surface area (Å²) < 4.78 is 29.8. The topological polar surface area (TPSA) is 110 Å². The lowest BCUT2D eigenvalue weighted by Crippen LogP contribution is -2.38. The Morgan fingerprint density at radius 3 is 2.50 bits per heavy atom. The molecule has 0 bridgehead atoms. The minimum Gasteiger partial charge on any atom is -0.435 e. The van der Waals surface area contributed by atoms with Crippen molar-refractivity contribution < 1.29 is 18.3 Å². The zero-order chi connectivity index (χ0) is 20.8. The third-order valence-electron chi connectivity index (χ3n) is 3.98. The van der Waals surface area contributed by atoms with Crippen LogP contribution in [0.2, 0.25) is 0 Å². The number of aromatic amines is 1. The number of Topliss-reactive ketones (excluding diaryl/α,β-unsaturated/α-hetero) is 1. The predicted molar refractivity (Wildman–Crippen MR) is 99.8 cm³/mol. The first kappa shape index (κ1) is 21.3. The van der Waals surface area contributed by atoms with Crippen molar-refractivity contribution in [3.63, 3.8) is 0 Å². The number of ether oxygens (including phenoxy) is 1. The van der Waals surface area contributed by atoms with Crippen LogP contribution in [0.1, 0.15) is 29.3 Å². The number of rotatable bonds is 9. The van der Waals surface area contributed by atoms with Gasteiger partial charge in [0.25, 0.3) is 5.56 Å². The predicted octanol–water partition coefficient (Wildman–Crippen LogP) is 1.44. The monoisotopic (exact) mass is 396 g/mol. The molecule has 0 radical (unpaired) electrons. The number of nitrogens with two attached hydrogens (primary N) is 1. The Labute approximate surface area is 159 Å². The average molecular weight is 396 g/mol. The van der Waals surface area contributed by atoms with Gasteiger partial charge in [-0.05, 0) is 31.2 Å². The molecule has 10 heteroatoms. The Hall–Kier alpha value is -3.01. The molecule has 0 saturated carbocycles. The standard InChI is InChI=1S/C18H22F2N4O4/c1-3-8-24-15(21)14(16(26)22-18(24)27)13(25)10-23(2)9-11-4-6-12(7-5-11)28-17(19)20/h4-7,17H,3,8-10,21H2,1-2H3,(H,22,26,27). The molecule has 0 atom stereocenters. The van der Waals surface area contributed by atoms with Gasteiger partial charge in [-0.15, -0.1) is 0 Å². The van der Waals surface area contributed by atoms with E-state index in [9.17, 15) is 23.2 Å². The Balaban J connectivity index is 2.11. The number of carbonyl (C=O) groups excluding carboxylic acids is 1. The van der Waals surface area contributed by atoms with Crippen LogP contribution in [-0.2, 0) is 13.1 Å². The van der Waals surface area contributed by atoms with Gasteiger partial charge in [-0.2, -0.15) is 8.78 Å². The van der Waals surface area contributed by atoms with Crippen LogP contribution in [0.4, 0.5) is 14.6 Å². The quantitative estimate of drug-likeness (QED) is 0.621. The van der Waals surface area contributed by atoms with E-state index in [2.05, 4.69) is 9.72 Å². The summed E-state index contributed by atoms with van der Waals surface area (Å²) in [6.07, 6.45) is 0.606. The molecule has 0 fully saturated rings. The number of aromatic nitrogens is 2. The van der Waals surface area contributed by atoms with Crippen LogP contribution in [0.25, 0.3) is 0 Å². The maximum absolute atomic E-state index is 12.6. The van der Waals surface area contributed by atoms with Gasteiger partial charge in [0, 0.05) is 13.1 Å². The summed E-state index contributed by atoms with van der Waals surface area (Å²) in [5.74, 6) is -0.638. The Morgan fingerprint density at radius 1 is 1.29 bits per heavy atom. The summed E-state index contributed by atoms with van der Waals surface area (Å²) in [6.45, 7) is -0.570. The van der Waals surface area contributed by atoms with Crippen molar-refractivity contribution in [1.82, 2.24) is 14.5 Å². The lowest BCUT2D eigenvalue weighted by Gasteiger charge is -2.17. The second kappa shape index (κ2) is 9.27. The molecule has 0 unspecified atom stereocenters. The molecule has 0 saturated heterocycles. The van der Waals surface area contributed by atoms with Gasteiger partial charge < -0.3 is 10.5 Å². The van der Waals surface area contributed by atoms with Gasteiger partial charge in [-0.25, -0.2) is 4.79 Å². The normalized spacial score (nSPS) is 11.2. The SMILES string of the molecule is CCCn1c(N)c(C(=O)CN(C)Cc2ccc(OC(F)F)cc2)c(=O)[nH]c1=O. The molecule has 1 aromatic carbocycles. The first-order valence-electron chi connectivity index (χ1n) is 8.61. The second-order valence-corrected chi connectivity index (χ2v) is 6.29. The highest BCUT2D eigenvalue weighted by Gasteiger charge is 2.20. The summed E-state index contributed by atoms with van der Waals surface area (Å²) in [4.78, 5) is 40.2. The fraction of sp³-hybridized carbons (Fsp3) is 0.389. The number of anilines is 1. The molecule has 28 heavy (non-hydrogen) atoms. The van der Waals surface area contributed by atoms with Gasteiger partial charge in [0.2, 0.25) is 0 Å². The van der Waals surface area contributed by atoms with Crippen molar-refractivity contribution in [2.75, 3.05) is 19.3 Å². The molecule has 0 aliphatic heterocycles. The van der Waals surface area contributed by atoms with Crippen molar-refractivity contribution in [1.29, 1.82) is 0 Å². The van der Waals surface area contributed by atoms with Gasteiger partial charge in [-0.1, -0.05) is 19.1 Å². The van der Waals surface area contributed by atoms with Gasteiger partial charge in [0.15, 0.2) is 5.78 Å². The van der Waals surface area contributed by atoms with Gasteiger partial charge in [0.05, 0.1) is 6.54 Å². The molecule has 8 nitrogen and oxygen atoms in total. The van der Waals surface area contributed by atoms with Gasteiger partial charge >= 0.3 is 12.3 Å². The number of hydrogen-bond donors (Lipinski definition) is 2. The molecule has 1 aromatic heterocycles. The smallest absolute Gasteiger partial charge is 0.387 e.